The standard InChI is InChI=1S/C15H20Cl2N2O3/c1-9(2)21-13-7-12(10(16)6-11(13)17)19(20)8-14(22-18-19)15(3,4)5/h6-9,18H,1-5H3. The highest BCUT2D eigenvalue weighted by atomic mass is 35.5. The SMILES string of the molecule is CC(C)Oc1cc([N+]2([O-])C=C(C(C)(C)C)ON2)c(Cl)cc1Cl. The zero-order chi connectivity index (χ0) is 16.7. The number of benzene rings is 1. The Balaban J connectivity index is 2.46. The van der Waals surface area contributed by atoms with E-state index < -0.39 is 4.76 Å². The normalized spacial score (nSPS) is 21.8. The Labute approximate surface area is 140 Å². The minimum absolute atomic E-state index is 0.0740. The van der Waals surface area contributed by atoms with E-state index in [1.165, 1.54) is 18.3 Å². The maximum absolute atomic E-state index is 13.0. The van der Waals surface area contributed by atoms with Crippen molar-refractivity contribution < 1.29 is 9.57 Å². The summed E-state index contributed by atoms with van der Waals surface area (Å²) in [5, 5.41) is 13.6. The highest BCUT2D eigenvalue weighted by molar-refractivity contribution is 6.37. The lowest BCUT2D eigenvalue weighted by molar-refractivity contribution is 0.0268. The van der Waals surface area contributed by atoms with Gasteiger partial charge in [0.15, 0.2) is 17.6 Å². The molecule has 122 valence electrons. The van der Waals surface area contributed by atoms with Gasteiger partial charge in [0.2, 0.25) is 0 Å². The van der Waals surface area contributed by atoms with E-state index in [4.69, 9.17) is 32.8 Å². The summed E-state index contributed by atoms with van der Waals surface area (Å²) in [5.74, 6) is 0.948. The first-order chi connectivity index (χ1) is 10.0. The van der Waals surface area contributed by atoms with Crippen molar-refractivity contribution in [2.24, 2.45) is 5.41 Å². The van der Waals surface area contributed by atoms with E-state index in [2.05, 4.69) is 5.59 Å². The van der Waals surface area contributed by atoms with Gasteiger partial charge in [-0.3, -0.25) is 0 Å². The van der Waals surface area contributed by atoms with Crippen LogP contribution in [0.2, 0.25) is 10.0 Å². The number of quaternary nitrogens is 1. The number of halogens is 2. The third-order valence-electron chi connectivity index (χ3n) is 3.05. The van der Waals surface area contributed by atoms with E-state index >= 15 is 0 Å². The van der Waals surface area contributed by atoms with Crippen LogP contribution in [0.1, 0.15) is 34.6 Å². The number of nitrogens with zero attached hydrogens (tertiary/aromatic N) is 1. The van der Waals surface area contributed by atoms with Crippen LogP contribution in [0.25, 0.3) is 0 Å². The largest absolute Gasteiger partial charge is 0.599 e. The molecule has 1 aliphatic rings. The molecule has 0 saturated heterocycles. The van der Waals surface area contributed by atoms with Gasteiger partial charge in [0.05, 0.1) is 11.1 Å². The number of rotatable bonds is 3. The maximum Gasteiger partial charge on any atom is 0.191 e. The molecule has 1 unspecified atom stereocenters. The Kier molecular flexibility index (Phi) is 4.66. The predicted octanol–water partition coefficient (Wildman–Crippen LogP) is 4.92. The summed E-state index contributed by atoms with van der Waals surface area (Å²) < 4.78 is 4.58. The Morgan fingerprint density at radius 3 is 2.36 bits per heavy atom. The summed E-state index contributed by atoms with van der Waals surface area (Å²) in [6.07, 6.45) is 1.36. The maximum atomic E-state index is 13.0. The molecule has 1 aromatic rings. The number of hydrogen-bond donors (Lipinski definition) is 1. The molecule has 1 N–H and O–H groups in total. The van der Waals surface area contributed by atoms with Crippen LogP contribution in [0.5, 0.6) is 5.75 Å². The van der Waals surface area contributed by atoms with Gasteiger partial charge >= 0.3 is 0 Å². The number of ether oxygens (including phenoxy) is 1. The summed E-state index contributed by atoms with van der Waals surface area (Å²) in [5.41, 5.74) is 2.41. The predicted molar refractivity (Wildman–Crippen MR) is 89.1 cm³/mol. The van der Waals surface area contributed by atoms with Gasteiger partial charge in [-0.15, -0.1) is 0 Å². The van der Waals surface area contributed by atoms with Crippen LogP contribution in [0.15, 0.2) is 24.1 Å². The van der Waals surface area contributed by atoms with Gasteiger partial charge in [-0.1, -0.05) is 44.0 Å². The van der Waals surface area contributed by atoms with Gasteiger partial charge in [0.25, 0.3) is 0 Å². The summed E-state index contributed by atoms with van der Waals surface area (Å²) in [4.78, 5) is 5.33. The van der Waals surface area contributed by atoms with Crippen molar-refractivity contribution in [3.63, 3.8) is 0 Å². The molecular formula is C15H20Cl2N2O3. The lowest BCUT2D eigenvalue weighted by atomic mass is 9.94. The van der Waals surface area contributed by atoms with Crippen LogP contribution in [-0.4, -0.2) is 6.10 Å². The summed E-state index contributed by atoms with van der Waals surface area (Å²) in [7, 11) is 0. The summed E-state index contributed by atoms with van der Waals surface area (Å²) in [6.45, 7) is 9.61. The Bertz CT molecular complexity index is 612. The molecule has 0 aliphatic carbocycles. The van der Waals surface area contributed by atoms with Crippen LogP contribution < -0.4 is 15.1 Å². The molecule has 5 nitrogen and oxygen atoms in total. The van der Waals surface area contributed by atoms with Gasteiger partial charge < -0.3 is 14.8 Å². The molecule has 0 fully saturated rings. The van der Waals surface area contributed by atoms with Gasteiger partial charge in [-0.2, -0.15) is 4.76 Å². The molecule has 1 aliphatic heterocycles. The van der Waals surface area contributed by atoms with E-state index in [9.17, 15) is 5.21 Å². The third-order valence-corrected chi connectivity index (χ3v) is 3.65. The lowest BCUT2D eigenvalue weighted by Gasteiger charge is -2.32. The van der Waals surface area contributed by atoms with E-state index in [0.29, 0.717) is 16.5 Å². The summed E-state index contributed by atoms with van der Waals surface area (Å²) in [6, 6.07) is 3.04. The molecule has 0 aromatic heterocycles. The zero-order valence-electron chi connectivity index (χ0n) is 13.2. The number of nitrogens with one attached hydrogen (secondary N) is 1. The van der Waals surface area contributed by atoms with Crippen LogP contribution in [0, 0.1) is 10.6 Å². The third kappa shape index (κ3) is 3.50. The van der Waals surface area contributed by atoms with E-state index in [-0.39, 0.29) is 22.2 Å². The molecule has 1 heterocycles. The van der Waals surface area contributed by atoms with Crippen molar-refractivity contribution in [1.82, 2.24) is 10.3 Å². The molecule has 0 amide bonds. The first-order valence-corrected chi connectivity index (χ1v) is 7.72. The molecule has 1 atom stereocenters. The first kappa shape index (κ1) is 17.4. The fraction of sp³-hybridized carbons (Fsp3) is 0.467. The second-order valence-electron chi connectivity index (χ2n) is 6.50. The molecule has 2 rings (SSSR count). The minimum Gasteiger partial charge on any atom is -0.599 e. The molecular weight excluding hydrogens is 327 g/mol. The molecule has 0 spiro atoms. The quantitative estimate of drug-likeness (QED) is 0.623. The van der Waals surface area contributed by atoms with Gasteiger partial charge in [0, 0.05) is 17.1 Å². The van der Waals surface area contributed by atoms with E-state index in [1.54, 1.807) is 0 Å². The molecule has 1 aromatic carbocycles. The fourth-order valence-corrected chi connectivity index (χ4v) is 2.47. The zero-order valence-corrected chi connectivity index (χ0v) is 14.7. The van der Waals surface area contributed by atoms with Crippen LogP contribution >= 0.6 is 23.2 Å². The van der Waals surface area contributed by atoms with Crippen LogP contribution in [-0.2, 0) is 4.84 Å². The highest BCUT2D eigenvalue weighted by Gasteiger charge is 2.36. The highest BCUT2D eigenvalue weighted by Crippen LogP contribution is 2.42. The van der Waals surface area contributed by atoms with Crippen molar-refractivity contribution in [3.8, 4) is 5.75 Å². The number of hydroxylamine groups is 1. The molecule has 0 radical (unpaired) electrons. The molecule has 22 heavy (non-hydrogen) atoms. The second kappa shape index (κ2) is 5.91. The monoisotopic (exact) mass is 346 g/mol. The van der Waals surface area contributed by atoms with Gasteiger partial charge in [-0.25, -0.2) is 0 Å². The minimum atomic E-state index is -1.03. The lowest BCUT2D eigenvalue weighted by Crippen LogP contribution is -2.45. The Morgan fingerprint density at radius 2 is 1.86 bits per heavy atom. The van der Waals surface area contributed by atoms with Crippen molar-refractivity contribution in [1.29, 1.82) is 0 Å². The molecule has 0 saturated carbocycles. The topological polar surface area (TPSA) is 53.5 Å². The summed E-state index contributed by atoms with van der Waals surface area (Å²) >= 11 is 12.3. The fourth-order valence-electron chi connectivity index (χ4n) is 1.92. The first-order valence-electron chi connectivity index (χ1n) is 6.96. The van der Waals surface area contributed by atoms with Crippen molar-refractivity contribution >= 4 is 28.9 Å². The van der Waals surface area contributed by atoms with Crippen molar-refractivity contribution in [2.45, 2.75) is 40.7 Å². The van der Waals surface area contributed by atoms with E-state index in [0.717, 1.165) is 0 Å². The van der Waals surface area contributed by atoms with Crippen LogP contribution in [0.3, 0.4) is 0 Å². The molecule has 0 bridgehead atoms. The number of hydrogen-bond acceptors (Lipinski definition) is 4. The Morgan fingerprint density at radius 1 is 1.23 bits per heavy atom. The average molecular weight is 347 g/mol. The van der Waals surface area contributed by atoms with Crippen molar-refractivity contribution in [2.75, 3.05) is 0 Å². The van der Waals surface area contributed by atoms with E-state index in [1.807, 2.05) is 34.6 Å². The molecule has 7 heteroatoms. The van der Waals surface area contributed by atoms with Gasteiger partial charge in [-0.05, 0) is 19.9 Å². The van der Waals surface area contributed by atoms with Gasteiger partial charge in [0.1, 0.15) is 10.8 Å². The number of allylic oxidation sites excluding steroid dienone is 1. The van der Waals surface area contributed by atoms with Crippen LogP contribution in [0.4, 0.5) is 5.69 Å². The Hall–Kier alpha value is -0.980. The second-order valence-corrected chi connectivity index (χ2v) is 7.31. The smallest absolute Gasteiger partial charge is 0.191 e. The average Bonchev–Trinajstić information content (AvgIpc) is 2.75. The van der Waals surface area contributed by atoms with Crippen molar-refractivity contribution in [3.05, 3.63) is 39.3 Å².